The molecule has 10 heteroatoms. The van der Waals surface area contributed by atoms with E-state index >= 15 is 0 Å². The molecule has 0 spiro atoms. The fraction of sp³-hybridized carbons (Fsp3) is 0.107. The molecular formula is C28H23BrCl3N3O3. The van der Waals surface area contributed by atoms with Gasteiger partial charge in [0.1, 0.15) is 5.75 Å². The Kier molecular flexibility index (Phi) is 8.63. The number of aryl methyl sites for hydroxylation is 1. The first-order chi connectivity index (χ1) is 18.1. The smallest absolute Gasteiger partial charge is 0.338 e. The molecule has 0 saturated carbocycles. The maximum atomic E-state index is 11.0. The molecule has 196 valence electrons. The van der Waals surface area contributed by atoms with Gasteiger partial charge in [0.25, 0.3) is 0 Å². The van der Waals surface area contributed by atoms with Gasteiger partial charge in [-0.15, -0.1) is 0 Å². The molecule has 0 fully saturated rings. The van der Waals surface area contributed by atoms with Crippen LogP contribution in [0.15, 0.2) is 65.5 Å². The minimum atomic E-state index is -0.994. The van der Waals surface area contributed by atoms with Crippen molar-refractivity contribution in [3.8, 4) is 5.75 Å². The number of aromatic carboxylic acids is 1. The van der Waals surface area contributed by atoms with E-state index in [0.29, 0.717) is 21.7 Å². The Labute approximate surface area is 242 Å². The van der Waals surface area contributed by atoms with E-state index in [9.17, 15) is 4.79 Å². The van der Waals surface area contributed by atoms with Gasteiger partial charge in [0.15, 0.2) is 0 Å². The van der Waals surface area contributed by atoms with E-state index in [1.165, 1.54) is 24.1 Å². The number of aromatic amines is 3. The molecule has 38 heavy (non-hydrogen) atoms. The lowest BCUT2D eigenvalue weighted by Crippen LogP contribution is -1.97. The van der Waals surface area contributed by atoms with E-state index in [4.69, 9.17) is 44.6 Å². The summed E-state index contributed by atoms with van der Waals surface area (Å²) in [5.41, 5.74) is 4.87. The van der Waals surface area contributed by atoms with Crippen LogP contribution in [0.3, 0.4) is 0 Å². The Morgan fingerprint density at radius 1 is 0.842 bits per heavy atom. The molecule has 0 unspecified atom stereocenters. The normalized spacial score (nSPS) is 10.7. The van der Waals surface area contributed by atoms with E-state index < -0.39 is 5.97 Å². The number of aromatic nitrogens is 3. The summed E-state index contributed by atoms with van der Waals surface area (Å²) in [6.45, 7) is 3.80. The van der Waals surface area contributed by atoms with E-state index in [0.717, 1.165) is 36.7 Å². The van der Waals surface area contributed by atoms with Crippen molar-refractivity contribution < 1.29 is 14.6 Å². The highest BCUT2D eigenvalue weighted by Crippen LogP contribution is 2.36. The molecule has 6 rings (SSSR count). The molecule has 0 bridgehead atoms. The van der Waals surface area contributed by atoms with Crippen LogP contribution in [0, 0.1) is 13.8 Å². The van der Waals surface area contributed by atoms with Crippen LogP contribution < -0.4 is 4.74 Å². The molecule has 0 amide bonds. The summed E-state index contributed by atoms with van der Waals surface area (Å²) in [5, 5.41) is 14.1. The average molecular weight is 636 g/mol. The van der Waals surface area contributed by atoms with Crippen LogP contribution in [-0.2, 0) is 0 Å². The summed E-state index contributed by atoms with van der Waals surface area (Å²) in [4.78, 5) is 20.1. The van der Waals surface area contributed by atoms with Gasteiger partial charge in [0, 0.05) is 55.1 Å². The van der Waals surface area contributed by atoms with Crippen LogP contribution >= 0.6 is 50.7 Å². The van der Waals surface area contributed by atoms with Gasteiger partial charge in [-0.3, -0.25) is 0 Å². The van der Waals surface area contributed by atoms with Crippen LogP contribution in [0.25, 0.3) is 32.7 Å². The minimum absolute atomic E-state index is 0.187. The maximum Gasteiger partial charge on any atom is 0.338 e. The highest BCUT2D eigenvalue weighted by molar-refractivity contribution is 9.10. The molecule has 4 N–H and O–H groups in total. The van der Waals surface area contributed by atoms with Crippen LogP contribution in [0.5, 0.6) is 5.75 Å². The SMILES string of the molecule is COc1c(C)c(Cl)cc2[nH]cc(C(=O)O)c12.Cc1cc2cc[nH]c2cc1Cl.Clc1cc2[nH]ccc2cc1Br. The lowest BCUT2D eigenvalue weighted by Gasteiger charge is -2.08. The third-order valence-corrected chi connectivity index (χ3v) is 7.97. The number of benzene rings is 3. The molecular weight excluding hydrogens is 613 g/mol. The van der Waals surface area contributed by atoms with Crippen molar-refractivity contribution in [2.75, 3.05) is 7.11 Å². The first kappa shape index (κ1) is 27.9. The van der Waals surface area contributed by atoms with Gasteiger partial charge >= 0.3 is 5.97 Å². The summed E-state index contributed by atoms with van der Waals surface area (Å²) in [7, 11) is 1.50. The summed E-state index contributed by atoms with van der Waals surface area (Å²) < 4.78 is 6.16. The molecule has 0 radical (unpaired) electrons. The summed E-state index contributed by atoms with van der Waals surface area (Å²) >= 11 is 21.2. The highest BCUT2D eigenvalue weighted by Gasteiger charge is 2.18. The molecule has 6 nitrogen and oxygen atoms in total. The molecule has 3 aromatic carbocycles. The van der Waals surface area contributed by atoms with Crippen molar-refractivity contribution in [2.45, 2.75) is 13.8 Å². The van der Waals surface area contributed by atoms with Crippen molar-refractivity contribution in [2.24, 2.45) is 0 Å². The zero-order chi connectivity index (χ0) is 27.6. The minimum Gasteiger partial charge on any atom is -0.496 e. The predicted molar refractivity (Wildman–Crippen MR) is 161 cm³/mol. The van der Waals surface area contributed by atoms with Crippen LogP contribution in [0.4, 0.5) is 0 Å². The molecule has 0 aliphatic heterocycles. The number of ether oxygens (including phenoxy) is 1. The largest absolute Gasteiger partial charge is 0.496 e. The number of hydrogen-bond acceptors (Lipinski definition) is 2. The topological polar surface area (TPSA) is 93.9 Å². The van der Waals surface area contributed by atoms with Crippen molar-refractivity contribution in [3.63, 3.8) is 0 Å². The Morgan fingerprint density at radius 2 is 1.42 bits per heavy atom. The number of carbonyl (C=O) groups is 1. The number of carboxylic acids is 1. The Balaban J connectivity index is 0.000000136. The third-order valence-electron chi connectivity index (χ3n) is 5.97. The monoisotopic (exact) mass is 633 g/mol. The fourth-order valence-corrected chi connectivity index (χ4v) is 4.87. The molecule has 0 aliphatic rings. The first-order valence-electron chi connectivity index (χ1n) is 11.3. The second-order valence-corrected chi connectivity index (χ2v) is 10.5. The first-order valence-corrected chi connectivity index (χ1v) is 13.3. The van der Waals surface area contributed by atoms with E-state index in [2.05, 4.69) is 36.9 Å². The number of carboxylic acid groups (broad SMARTS) is 1. The van der Waals surface area contributed by atoms with E-state index in [1.54, 1.807) is 13.0 Å². The molecule has 0 saturated heterocycles. The number of nitrogens with one attached hydrogen (secondary N) is 3. The zero-order valence-electron chi connectivity index (χ0n) is 20.5. The van der Waals surface area contributed by atoms with Crippen LogP contribution in [-0.4, -0.2) is 33.1 Å². The van der Waals surface area contributed by atoms with E-state index in [-0.39, 0.29) is 5.56 Å². The number of rotatable bonds is 2. The van der Waals surface area contributed by atoms with Gasteiger partial charge in [-0.2, -0.15) is 0 Å². The average Bonchev–Trinajstić information content (AvgIpc) is 3.61. The lowest BCUT2D eigenvalue weighted by atomic mass is 10.1. The van der Waals surface area contributed by atoms with E-state index in [1.807, 2.05) is 49.6 Å². The Hall–Kier alpha value is -3.10. The molecule has 0 atom stereocenters. The number of H-pyrrole nitrogens is 3. The molecule has 3 aromatic heterocycles. The van der Waals surface area contributed by atoms with Gasteiger partial charge in [-0.1, -0.05) is 34.8 Å². The summed E-state index contributed by atoms with van der Waals surface area (Å²) in [6.07, 6.45) is 5.25. The van der Waals surface area contributed by atoms with Gasteiger partial charge in [0.05, 0.1) is 28.6 Å². The molecule has 6 aromatic rings. The van der Waals surface area contributed by atoms with Crippen molar-refractivity contribution in [1.29, 1.82) is 0 Å². The quantitative estimate of drug-likeness (QED) is 0.153. The number of halogens is 4. The number of methoxy groups -OCH3 is 1. The fourth-order valence-electron chi connectivity index (χ4n) is 3.99. The van der Waals surface area contributed by atoms with Gasteiger partial charge in [0.2, 0.25) is 0 Å². The molecule has 3 heterocycles. The second-order valence-electron chi connectivity index (χ2n) is 8.44. The number of fused-ring (bicyclic) bond motifs is 3. The van der Waals surface area contributed by atoms with Gasteiger partial charge < -0.3 is 24.8 Å². The maximum absolute atomic E-state index is 11.0. The van der Waals surface area contributed by atoms with Gasteiger partial charge in [-0.25, -0.2) is 4.79 Å². The van der Waals surface area contributed by atoms with Crippen LogP contribution in [0.2, 0.25) is 15.1 Å². The summed E-state index contributed by atoms with van der Waals surface area (Å²) in [5.74, 6) is -0.493. The zero-order valence-corrected chi connectivity index (χ0v) is 24.4. The summed E-state index contributed by atoms with van der Waals surface area (Å²) in [6, 6.07) is 13.7. The van der Waals surface area contributed by atoms with Crippen molar-refractivity contribution in [3.05, 3.63) is 97.3 Å². The van der Waals surface area contributed by atoms with Crippen LogP contribution in [0.1, 0.15) is 21.5 Å². The lowest BCUT2D eigenvalue weighted by molar-refractivity contribution is 0.0699. The van der Waals surface area contributed by atoms with Crippen molar-refractivity contribution >= 4 is 89.4 Å². The standard InChI is InChI=1S/C11H10ClNO3.C9H8ClN.C8H5BrClN/c1-5-7(12)3-8-9(10(5)16-2)6(4-13-8)11(14)15;1-6-4-7-2-3-11-9(7)5-8(6)10;9-6-3-5-1-2-11-8(5)4-7(6)10/h3-4,13H,1-2H3,(H,14,15);2-5,11H,1H3;1-4,11H. The predicted octanol–water partition coefficient (Wildman–Crippen LogP) is 9.55. The second kappa shape index (κ2) is 11.7. The van der Waals surface area contributed by atoms with Crippen molar-refractivity contribution in [1.82, 2.24) is 15.0 Å². The third kappa shape index (κ3) is 5.81. The Morgan fingerprint density at radius 3 is 2.03 bits per heavy atom. The Bertz CT molecular complexity index is 1620. The molecule has 0 aliphatic carbocycles. The highest BCUT2D eigenvalue weighted by atomic mass is 79.9. The van der Waals surface area contributed by atoms with Gasteiger partial charge in [-0.05, 0) is 83.2 Å². The number of hydrogen-bond donors (Lipinski definition) is 4.